The summed E-state index contributed by atoms with van der Waals surface area (Å²) in [5.74, 6) is -0.666. The van der Waals surface area contributed by atoms with E-state index in [-0.39, 0.29) is 18.3 Å². The lowest BCUT2D eigenvalue weighted by Crippen LogP contribution is -2.68. The number of amides is 2. The number of H-pyrrole nitrogens is 1. The van der Waals surface area contributed by atoms with E-state index in [2.05, 4.69) is 42.8 Å². The Morgan fingerprint density at radius 2 is 1.62 bits per heavy atom. The molecule has 1 fully saturated rings. The number of aliphatic hydroxyl groups is 4. The number of carbonyl (C=O) groups is 2. The molecule has 14 heteroatoms. The first-order valence-corrected chi connectivity index (χ1v) is 15.1. The van der Waals surface area contributed by atoms with Crippen LogP contribution in [0, 0.1) is 0 Å². The number of unbranched alkanes of at least 4 members (excludes halogenated alkanes) is 10. The molecule has 0 radical (unpaired) electrons. The molecule has 0 unspecified atom stereocenters. The van der Waals surface area contributed by atoms with Crippen molar-refractivity contribution in [2.45, 2.75) is 121 Å². The molecule has 0 saturated carbocycles. The maximum atomic E-state index is 12.6. The van der Waals surface area contributed by atoms with Crippen LogP contribution in [0.5, 0.6) is 0 Å². The molecular weight excluding hydrogens is 546 g/mol. The highest BCUT2D eigenvalue weighted by Gasteiger charge is 2.48. The number of rotatable bonds is 19. The minimum atomic E-state index is -1.59. The normalized spacial score (nSPS) is 23.0. The lowest BCUT2D eigenvalue weighted by atomic mass is 9.92. The van der Waals surface area contributed by atoms with Crippen LogP contribution in [-0.4, -0.2) is 102 Å². The third-order valence-corrected chi connectivity index (χ3v) is 7.54. The van der Waals surface area contributed by atoms with Gasteiger partial charge in [0.15, 0.2) is 17.7 Å². The van der Waals surface area contributed by atoms with Crippen molar-refractivity contribution in [2.24, 2.45) is 0 Å². The van der Waals surface area contributed by atoms with Crippen LogP contribution < -0.4 is 16.0 Å². The number of nitrogens with zero attached hydrogens (tertiary/aromatic N) is 3. The minimum absolute atomic E-state index is 0.231. The number of imidazole rings is 1. The Balaban J connectivity index is 1.40. The van der Waals surface area contributed by atoms with Crippen LogP contribution in [0.1, 0.15) is 84.0 Å². The molecule has 0 aromatic carbocycles. The average Bonchev–Trinajstić information content (AvgIpc) is 3.48. The molecule has 2 amide bonds. The third-order valence-electron chi connectivity index (χ3n) is 7.54. The smallest absolute Gasteiger partial charge is 0.239 e. The van der Waals surface area contributed by atoms with Crippen molar-refractivity contribution < 1.29 is 34.8 Å². The average molecular weight is 594 g/mol. The molecule has 8 N–H and O–H groups in total. The zero-order chi connectivity index (χ0) is 30.3. The molecule has 1 aliphatic heterocycles. The van der Waals surface area contributed by atoms with E-state index in [1.165, 1.54) is 64.0 Å². The van der Waals surface area contributed by atoms with E-state index < -0.39 is 49.2 Å². The van der Waals surface area contributed by atoms with Crippen LogP contribution in [0.2, 0.25) is 0 Å². The van der Waals surface area contributed by atoms with Crippen LogP contribution in [0.15, 0.2) is 12.7 Å². The molecule has 2 aromatic heterocycles. The maximum Gasteiger partial charge on any atom is 0.239 e. The van der Waals surface area contributed by atoms with E-state index in [9.17, 15) is 30.0 Å². The van der Waals surface area contributed by atoms with Gasteiger partial charge in [-0.15, -0.1) is 0 Å². The fourth-order valence-corrected chi connectivity index (χ4v) is 5.10. The summed E-state index contributed by atoms with van der Waals surface area (Å²) in [6, 6.07) is -1.27. The lowest BCUT2D eigenvalue weighted by Gasteiger charge is -2.44. The van der Waals surface area contributed by atoms with Crippen molar-refractivity contribution in [3.63, 3.8) is 0 Å². The van der Waals surface area contributed by atoms with Crippen LogP contribution in [-0.2, 0) is 14.3 Å². The van der Waals surface area contributed by atoms with E-state index in [4.69, 9.17) is 4.74 Å². The number of aromatic nitrogens is 4. The van der Waals surface area contributed by atoms with Crippen LogP contribution in [0.25, 0.3) is 11.2 Å². The quantitative estimate of drug-likeness (QED) is 0.107. The highest BCUT2D eigenvalue weighted by Crippen LogP contribution is 2.26. The number of fused-ring (bicyclic) bond motifs is 1. The molecule has 0 aliphatic carbocycles. The first kappa shape index (κ1) is 33.6. The summed E-state index contributed by atoms with van der Waals surface area (Å²) in [6.07, 6.45) is 8.74. The monoisotopic (exact) mass is 593 g/mol. The van der Waals surface area contributed by atoms with Gasteiger partial charge in [0.1, 0.15) is 36.3 Å². The van der Waals surface area contributed by atoms with Crippen molar-refractivity contribution >= 4 is 28.8 Å². The van der Waals surface area contributed by atoms with Crippen LogP contribution >= 0.6 is 0 Å². The molecule has 6 atom stereocenters. The van der Waals surface area contributed by atoms with Crippen LogP contribution in [0.3, 0.4) is 0 Å². The molecule has 3 rings (SSSR count). The highest BCUT2D eigenvalue weighted by atomic mass is 16.5. The fraction of sp³-hybridized carbons (Fsp3) is 0.750. The Hall–Kier alpha value is -2.91. The van der Waals surface area contributed by atoms with E-state index in [0.29, 0.717) is 17.6 Å². The van der Waals surface area contributed by atoms with Crippen molar-refractivity contribution in [3.8, 4) is 0 Å². The van der Waals surface area contributed by atoms with E-state index >= 15 is 0 Å². The van der Waals surface area contributed by atoms with Crippen molar-refractivity contribution in [2.75, 3.05) is 18.5 Å². The van der Waals surface area contributed by atoms with Crippen molar-refractivity contribution in [1.82, 2.24) is 30.6 Å². The standard InChI is InChI=1S/C28H47N7O7/c1-2-3-4-5-6-7-8-9-10-11-12-13-19(38)29-14-20(39)34-21-23(40)24(41)28(42-25(21)18(37)15-36)35-27-22-26(31-16-30-22)32-17-33-27/h16-18,21,23-25,28,36-37,40-41H,2-15H2,1H3,(H,29,38)(H,34,39)(H2,30,31,32,33,35)/t18-,21-,23-,24-,25+,28-/m1/s1. The van der Waals surface area contributed by atoms with Gasteiger partial charge in [0.25, 0.3) is 0 Å². The summed E-state index contributed by atoms with van der Waals surface area (Å²) in [7, 11) is 0. The number of hydrogen-bond acceptors (Lipinski definition) is 11. The van der Waals surface area contributed by atoms with Gasteiger partial charge in [-0.05, 0) is 6.42 Å². The van der Waals surface area contributed by atoms with Gasteiger partial charge in [0.05, 0.1) is 25.5 Å². The van der Waals surface area contributed by atoms with Crippen LogP contribution in [0.4, 0.5) is 5.82 Å². The number of ether oxygens (including phenoxy) is 1. The molecule has 14 nitrogen and oxygen atoms in total. The zero-order valence-corrected chi connectivity index (χ0v) is 24.4. The van der Waals surface area contributed by atoms with E-state index in [0.717, 1.165) is 19.3 Å². The Labute approximate surface area is 246 Å². The third kappa shape index (κ3) is 10.1. The Morgan fingerprint density at radius 1 is 0.952 bits per heavy atom. The SMILES string of the molecule is CCCCCCCCCCCCCC(=O)NCC(=O)N[C@@H]1[C@@H](O)[C@@H](O)[C@H](Nc2ncnc3nc[nH]c23)O[C@H]1[C@H](O)CO. The van der Waals surface area contributed by atoms with Crippen molar-refractivity contribution in [3.05, 3.63) is 12.7 Å². The molecule has 2 aromatic rings. The summed E-state index contributed by atoms with van der Waals surface area (Å²) in [5, 5.41) is 49.5. The number of hydrogen-bond donors (Lipinski definition) is 8. The predicted octanol–water partition coefficient (Wildman–Crippen LogP) is 0.867. The number of aliphatic hydroxyl groups excluding tert-OH is 4. The second-order valence-electron chi connectivity index (χ2n) is 10.9. The summed E-state index contributed by atoms with van der Waals surface area (Å²) in [5.41, 5.74) is 0.794. The van der Waals surface area contributed by atoms with Gasteiger partial charge >= 0.3 is 0 Å². The van der Waals surface area contributed by atoms with Crippen molar-refractivity contribution in [1.29, 1.82) is 0 Å². The van der Waals surface area contributed by atoms with Gasteiger partial charge in [-0.1, -0.05) is 71.1 Å². The molecule has 0 spiro atoms. The molecule has 42 heavy (non-hydrogen) atoms. The first-order valence-electron chi connectivity index (χ1n) is 15.1. The summed E-state index contributed by atoms with van der Waals surface area (Å²) < 4.78 is 5.78. The fourth-order valence-electron chi connectivity index (χ4n) is 5.10. The number of anilines is 1. The number of nitrogens with one attached hydrogen (secondary N) is 4. The first-order chi connectivity index (χ1) is 20.3. The number of carbonyl (C=O) groups excluding carboxylic acids is 2. The molecule has 1 saturated heterocycles. The van der Waals surface area contributed by atoms with Gasteiger partial charge in [0, 0.05) is 6.42 Å². The molecule has 236 valence electrons. The topological polar surface area (TPSA) is 215 Å². The zero-order valence-electron chi connectivity index (χ0n) is 24.4. The van der Waals surface area contributed by atoms with Gasteiger partial charge in [-0.3, -0.25) is 9.59 Å². The lowest BCUT2D eigenvalue weighted by molar-refractivity contribution is -0.204. The Kier molecular flexibility index (Phi) is 14.3. The molecular formula is C28H47N7O7. The number of aromatic amines is 1. The largest absolute Gasteiger partial charge is 0.394 e. The van der Waals surface area contributed by atoms with E-state index in [1.54, 1.807) is 0 Å². The minimum Gasteiger partial charge on any atom is -0.394 e. The second-order valence-corrected chi connectivity index (χ2v) is 10.9. The summed E-state index contributed by atoms with van der Waals surface area (Å²) in [4.78, 5) is 39.8. The summed E-state index contributed by atoms with van der Waals surface area (Å²) in [6.45, 7) is 1.15. The van der Waals surface area contributed by atoms with E-state index in [1.807, 2.05) is 0 Å². The summed E-state index contributed by atoms with van der Waals surface area (Å²) >= 11 is 0. The van der Waals surface area contributed by atoms with Gasteiger partial charge in [0.2, 0.25) is 11.8 Å². The molecule has 1 aliphatic rings. The van der Waals surface area contributed by atoms with Gasteiger partial charge in [-0.2, -0.15) is 0 Å². The Morgan fingerprint density at radius 3 is 2.29 bits per heavy atom. The predicted molar refractivity (Wildman–Crippen MR) is 155 cm³/mol. The second kappa shape index (κ2) is 17.9. The van der Waals surface area contributed by atoms with Gasteiger partial charge < -0.3 is 46.1 Å². The molecule has 3 heterocycles. The highest BCUT2D eigenvalue weighted by molar-refractivity contribution is 5.85. The van der Waals surface area contributed by atoms with Gasteiger partial charge in [-0.25, -0.2) is 15.0 Å². The maximum absolute atomic E-state index is 12.6. The Bertz CT molecular complexity index is 1090. The molecule has 0 bridgehead atoms.